The number of nitrogens with one attached hydrogen (secondary N) is 3. The van der Waals surface area contributed by atoms with E-state index in [1.54, 1.807) is 20.8 Å². The van der Waals surface area contributed by atoms with Gasteiger partial charge in [-0.25, -0.2) is 5.43 Å². The molecular formula is C33H43N5O6. The second-order valence-corrected chi connectivity index (χ2v) is 12.8. The Morgan fingerprint density at radius 3 is 2.41 bits per heavy atom. The molecule has 2 aliphatic heterocycles. The summed E-state index contributed by atoms with van der Waals surface area (Å²) in [4.78, 5) is 58.7. The Hall–Kier alpha value is -3.83. The number of ether oxygens (including phenoxy) is 1. The number of nitrogens with zero attached hydrogens (tertiary/aromatic N) is 2. The number of amides is 3. The molecule has 0 radical (unpaired) electrons. The van der Waals surface area contributed by atoms with E-state index in [4.69, 9.17) is 9.72 Å². The Balaban J connectivity index is 1.53. The van der Waals surface area contributed by atoms with Crippen molar-refractivity contribution >= 4 is 40.7 Å². The third kappa shape index (κ3) is 6.78. The van der Waals surface area contributed by atoms with Crippen molar-refractivity contribution in [3.8, 4) is 0 Å². The zero-order chi connectivity index (χ0) is 31.6. The molecule has 3 aliphatic rings. The van der Waals surface area contributed by atoms with E-state index >= 15 is 0 Å². The van der Waals surface area contributed by atoms with Gasteiger partial charge in [0.25, 0.3) is 11.8 Å². The summed E-state index contributed by atoms with van der Waals surface area (Å²) in [6.07, 6.45) is 4.84. The van der Waals surface area contributed by atoms with Gasteiger partial charge in [-0.15, -0.1) is 0 Å². The lowest BCUT2D eigenvalue weighted by atomic mass is 9.72. The topological polar surface area (TPSA) is 150 Å². The minimum absolute atomic E-state index is 0.245. The van der Waals surface area contributed by atoms with Gasteiger partial charge in [0.05, 0.1) is 28.8 Å². The summed E-state index contributed by atoms with van der Waals surface area (Å²) in [5.41, 5.74) is 4.27. The normalized spacial score (nSPS) is 31.5. The van der Waals surface area contributed by atoms with E-state index < -0.39 is 47.5 Å². The quantitative estimate of drug-likeness (QED) is 0.363. The highest BCUT2D eigenvalue weighted by Crippen LogP contribution is 2.40. The van der Waals surface area contributed by atoms with E-state index in [0.29, 0.717) is 50.8 Å². The largest absolute Gasteiger partial charge is 0.451 e. The molecule has 1 spiro atoms. The number of carbonyl (C=O) groups is 4. The molecule has 44 heavy (non-hydrogen) atoms. The van der Waals surface area contributed by atoms with Gasteiger partial charge in [0.15, 0.2) is 6.10 Å². The second kappa shape index (κ2) is 13.0. The zero-order valence-corrected chi connectivity index (χ0v) is 25.8. The predicted molar refractivity (Wildman–Crippen MR) is 164 cm³/mol. The van der Waals surface area contributed by atoms with Crippen molar-refractivity contribution in [2.24, 2.45) is 11.3 Å². The molecule has 11 heteroatoms. The third-order valence-corrected chi connectivity index (χ3v) is 8.98. The first kappa shape index (κ1) is 31.6. The van der Waals surface area contributed by atoms with Crippen LogP contribution in [0.2, 0.25) is 0 Å². The van der Waals surface area contributed by atoms with Gasteiger partial charge >= 0.3 is 5.97 Å². The maximum Gasteiger partial charge on any atom is 0.316 e. The van der Waals surface area contributed by atoms with Crippen LogP contribution in [0.1, 0.15) is 83.5 Å². The Morgan fingerprint density at radius 1 is 0.977 bits per heavy atom. The van der Waals surface area contributed by atoms with Crippen LogP contribution in [-0.2, 0) is 23.9 Å². The molecule has 5 rings (SSSR count). The van der Waals surface area contributed by atoms with Gasteiger partial charge < -0.3 is 20.5 Å². The fourth-order valence-electron chi connectivity index (χ4n) is 6.15. The van der Waals surface area contributed by atoms with Crippen molar-refractivity contribution in [2.45, 2.75) is 96.6 Å². The molecular weight excluding hydrogens is 562 g/mol. The van der Waals surface area contributed by atoms with Crippen molar-refractivity contribution in [1.82, 2.24) is 26.1 Å². The van der Waals surface area contributed by atoms with Gasteiger partial charge in [0.2, 0.25) is 5.91 Å². The van der Waals surface area contributed by atoms with Crippen LogP contribution in [0.5, 0.6) is 0 Å². The van der Waals surface area contributed by atoms with Crippen LogP contribution in [-0.4, -0.2) is 69.6 Å². The van der Waals surface area contributed by atoms with Gasteiger partial charge in [-0.3, -0.25) is 29.2 Å². The van der Waals surface area contributed by atoms with Crippen LogP contribution in [0.15, 0.2) is 36.4 Å². The maximum atomic E-state index is 13.9. The van der Waals surface area contributed by atoms with E-state index in [1.165, 1.54) is 5.01 Å². The summed E-state index contributed by atoms with van der Waals surface area (Å²) in [6.45, 7) is 7.39. The van der Waals surface area contributed by atoms with Crippen molar-refractivity contribution in [1.29, 1.82) is 0 Å². The molecule has 1 aromatic carbocycles. The predicted octanol–water partition coefficient (Wildman–Crippen LogP) is 2.93. The van der Waals surface area contributed by atoms with E-state index in [9.17, 15) is 24.3 Å². The highest BCUT2D eigenvalue weighted by Gasteiger charge is 2.43. The maximum absolute atomic E-state index is 13.9. The summed E-state index contributed by atoms with van der Waals surface area (Å²) in [6, 6.07) is 7.74. The Labute approximate surface area is 257 Å². The fourth-order valence-corrected chi connectivity index (χ4v) is 6.15. The first-order valence-electron chi connectivity index (χ1n) is 15.6. The minimum atomic E-state index is -1.12. The number of esters is 1. The van der Waals surface area contributed by atoms with E-state index in [-0.39, 0.29) is 17.9 Å². The number of fused-ring (bicyclic) bond motifs is 4. The number of hydrogen-bond donors (Lipinski definition) is 4. The number of aromatic nitrogens is 1. The molecule has 1 aromatic heterocycles. The number of aliphatic hydroxyl groups is 1. The number of hydrogen-bond acceptors (Lipinski definition) is 8. The van der Waals surface area contributed by atoms with Crippen LogP contribution in [0, 0.1) is 11.3 Å². The molecule has 0 unspecified atom stereocenters. The average molecular weight is 606 g/mol. The van der Waals surface area contributed by atoms with Gasteiger partial charge in [0, 0.05) is 11.9 Å². The van der Waals surface area contributed by atoms with Crippen LogP contribution in [0.4, 0.5) is 0 Å². The van der Waals surface area contributed by atoms with Crippen LogP contribution >= 0.6 is 0 Å². The number of pyridine rings is 1. The first-order chi connectivity index (χ1) is 21.0. The Morgan fingerprint density at radius 2 is 1.68 bits per heavy atom. The molecule has 2 fully saturated rings. The van der Waals surface area contributed by atoms with Crippen molar-refractivity contribution in [3.05, 3.63) is 47.7 Å². The molecule has 3 heterocycles. The summed E-state index contributed by atoms with van der Waals surface area (Å²) in [5, 5.41) is 18.3. The molecule has 11 nitrogen and oxygen atoms in total. The molecule has 5 bridgehead atoms. The molecule has 236 valence electrons. The van der Waals surface area contributed by atoms with Gasteiger partial charge in [-0.1, -0.05) is 44.2 Å². The number of hydrazine groups is 1. The van der Waals surface area contributed by atoms with Crippen molar-refractivity contribution in [2.75, 3.05) is 6.54 Å². The zero-order valence-electron chi connectivity index (χ0n) is 25.8. The summed E-state index contributed by atoms with van der Waals surface area (Å²) < 4.78 is 5.93. The highest BCUT2D eigenvalue weighted by molar-refractivity contribution is 5.92. The van der Waals surface area contributed by atoms with E-state index in [2.05, 4.69) is 16.1 Å². The van der Waals surface area contributed by atoms with Gasteiger partial charge in [0.1, 0.15) is 12.1 Å². The van der Waals surface area contributed by atoms with Crippen LogP contribution in [0.25, 0.3) is 17.0 Å². The smallest absolute Gasteiger partial charge is 0.316 e. The lowest BCUT2D eigenvalue weighted by Crippen LogP contribution is -2.61. The third-order valence-electron chi connectivity index (χ3n) is 8.98. The fraction of sp³-hybridized carbons (Fsp3) is 0.545. The lowest BCUT2D eigenvalue weighted by Gasteiger charge is -2.36. The summed E-state index contributed by atoms with van der Waals surface area (Å²) in [5.74, 6) is -2.09. The molecule has 1 aliphatic carbocycles. The SMILES string of the molecule is CC(C)[C@@H]1OC(=O)C2(/C=C/c3ccc4ccc(nc4c3)[C@@H](C)NC(=O)[C@@H]3CCCN(N3)C(=O)[C@H](C)NC1=O)CCC(O)CC2. The number of aliphatic hydroxyl groups excluding tert-OH is 1. The number of benzene rings is 1. The first-order valence-corrected chi connectivity index (χ1v) is 15.6. The van der Waals surface area contributed by atoms with Crippen molar-refractivity contribution in [3.63, 3.8) is 0 Å². The summed E-state index contributed by atoms with van der Waals surface area (Å²) >= 11 is 0. The van der Waals surface area contributed by atoms with Crippen LogP contribution < -0.4 is 16.1 Å². The number of rotatable bonds is 1. The number of carbonyl (C=O) groups excluding carboxylic acids is 4. The molecule has 3 amide bonds. The average Bonchev–Trinajstić information content (AvgIpc) is 3.01. The molecule has 4 atom stereocenters. The Kier molecular flexibility index (Phi) is 9.36. The van der Waals surface area contributed by atoms with Crippen LogP contribution in [0.3, 0.4) is 0 Å². The molecule has 1 saturated carbocycles. The lowest BCUT2D eigenvalue weighted by molar-refractivity contribution is -0.168. The van der Waals surface area contributed by atoms with E-state index in [0.717, 1.165) is 16.5 Å². The van der Waals surface area contributed by atoms with Gasteiger partial charge in [-0.2, -0.15) is 0 Å². The van der Waals surface area contributed by atoms with Gasteiger partial charge in [-0.05, 0) is 76.0 Å². The van der Waals surface area contributed by atoms with E-state index in [1.807, 2.05) is 49.4 Å². The highest BCUT2D eigenvalue weighted by atomic mass is 16.5. The Bertz CT molecular complexity index is 1450. The molecule has 1 saturated heterocycles. The standard InChI is InChI=1S/C33H43N5O6/c1-19(2)28-30(41)35-21(4)31(42)38-17-5-6-26(37-38)29(40)34-20(3)25-10-9-23-8-7-22(18-27(23)36-25)11-14-33(32(43)44-28)15-12-24(39)13-16-33/h7-11,14,18-21,24,26,28,37,39H,5-6,12-13,15-17H2,1-4H3,(H,34,40)(H,35,41)/b14-11+/t20-,21+,24?,26+,28+,33?/m1/s1. The number of cyclic esters (lactones) is 1. The summed E-state index contributed by atoms with van der Waals surface area (Å²) in [7, 11) is 0. The molecule has 2 aromatic rings. The monoisotopic (exact) mass is 605 g/mol. The minimum Gasteiger partial charge on any atom is -0.451 e. The molecule has 4 N–H and O–H groups in total. The second-order valence-electron chi connectivity index (χ2n) is 12.8. The van der Waals surface area contributed by atoms with Crippen molar-refractivity contribution < 1.29 is 29.0 Å².